The summed E-state index contributed by atoms with van der Waals surface area (Å²) in [7, 11) is 0. The summed E-state index contributed by atoms with van der Waals surface area (Å²) in [4.78, 5) is 51.7. The summed E-state index contributed by atoms with van der Waals surface area (Å²) in [5.74, 6) is -2.62. The molecule has 0 aliphatic heterocycles. The average molecular weight is 599 g/mol. The Morgan fingerprint density at radius 2 is 1.60 bits per heavy atom. The van der Waals surface area contributed by atoms with Crippen molar-refractivity contribution in [2.45, 2.75) is 115 Å². The second-order valence-electron chi connectivity index (χ2n) is 15.1. The third-order valence-electron chi connectivity index (χ3n) is 13.2. The van der Waals surface area contributed by atoms with E-state index >= 15 is 4.39 Å². The van der Waals surface area contributed by atoms with E-state index in [4.69, 9.17) is 4.74 Å². The van der Waals surface area contributed by atoms with Crippen LogP contribution >= 0.6 is 0 Å². The van der Waals surface area contributed by atoms with Gasteiger partial charge in [-0.25, -0.2) is 4.39 Å². The van der Waals surface area contributed by atoms with Crippen molar-refractivity contribution in [2.24, 2.45) is 46.3 Å². The largest absolute Gasteiger partial charge is 0.457 e. The highest BCUT2D eigenvalue weighted by molar-refractivity contribution is 6.01. The van der Waals surface area contributed by atoms with Gasteiger partial charge in [0, 0.05) is 28.6 Å². The highest BCUT2D eigenvalue weighted by atomic mass is 19.1. The summed E-state index contributed by atoms with van der Waals surface area (Å²) < 4.78 is 22.9. The molecule has 0 radical (unpaired) electrons. The average Bonchev–Trinajstić information content (AvgIpc) is 3.59. The summed E-state index contributed by atoms with van der Waals surface area (Å²) in [6.45, 7) is 4.74. The predicted octanol–water partition coefficient (Wildman–Crippen LogP) is 5.01. The molecule has 0 aromatic heterocycles. The lowest BCUT2D eigenvalue weighted by molar-refractivity contribution is -0.220. The van der Waals surface area contributed by atoms with Gasteiger partial charge in [-0.3, -0.25) is 19.2 Å². The number of aliphatic hydroxyl groups is 2. The molecule has 8 atom stereocenters. The van der Waals surface area contributed by atoms with Gasteiger partial charge < -0.3 is 14.9 Å². The molecule has 0 aromatic carbocycles. The third-order valence-corrected chi connectivity index (χ3v) is 13.2. The maximum absolute atomic E-state index is 17.4. The number of ether oxygens (including phenoxy) is 1. The van der Waals surface area contributed by atoms with E-state index in [2.05, 4.69) is 0 Å². The number of carbonyl (C=O) groups is 4. The van der Waals surface area contributed by atoms with Crippen molar-refractivity contribution in [1.29, 1.82) is 0 Å². The van der Waals surface area contributed by atoms with Gasteiger partial charge in [0.1, 0.15) is 11.4 Å². The molecule has 6 aliphatic rings. The van der Waals surface area contributed by atoms with Crippen LogP contribution in [0.15, 0.2) is 23.8 Å². The predicted molar refractivity (Wildman–Crippen MR) is 156 cm³/mol. The minimum absolute atomic E-state index is 0.00396. The second kappa shape index (κ2) is 10.7. The van der Waals surface area contributed by atoms with E-state index in [1.165, 1.54) is 12.2 Å². The molecule has 7 nitrogen and oxygen atoms in total. The van der Waals surface area contributed by atoms with E-state index in [0.717, 1.165) is 25.7 Å². The van der Waals surface area contributed by atoms with Gasteiger partial charge in [-0.2, -0.15) is 0 Å². The van der Waals surface area contributed by atoms with Gasteiger partial charge in [0.25, 0.3) is 0 Å². The molecule has 5 fully saturated rings. The molecule has 0 spiro atoms. The Hall–Kier alpha value is -2.19. The molecule has 2 N–H and O–H groups in total. The van der Waals surface area contributed by atoms with E-state index in [1.54, 1.807) is 26.8 Å². The van der Waals surface area contributed by atoms with Crippen molar-refractivity contribution < 1.29 is 38.5 Å². The number of rotatable bonds is 6. The Morgan fingerprint density at radius 1 is 0.977 bits per heavy atom. The first-order chi connectivity index (χ1) is 20.3. The zero-order chi connectivity index (χ0) is 30.9. The quantitative estimate of drug-likeness (QED) is 0.413. The number of fused-ring (bicyclic) bond motifs is 5. The molecule has 0 saturated heterocycles. The van der Waals surface area contributed by atoms with E-state index in [0.29, 0.717) is 56.3 Å². The van der Waals surface area contributed by atoms with Gasteiger partial charge in [-0.15, -0.1) is 0 Å². The maximum Gasteiger partial charge on any atom is 0.309 e. The molecule has 0 bridgehead atoms. The van der Waals surface area contributed by atoms with Crippen molar-refractivity contribution >= 4 is 23.3 Å². The molecule has 0 unspecified atom stereocenters. The number of ketones is 3. The number of halogens is 1. The molecule has 0 aromatic rings. The molecule has 6 rings (SSSR count). The molecule has 5 saturated carbocycles. The number of hydrogen-bond acceptors (Lipinski definition) is 7. The normalized spacial score (nSPS) is 46.0. The number of carbonyl (C=O) groups excluding carboxylic acids is 4. The fourth-order valence-electron chi connectivity index (χ4n) is 10.7. The lowest BCUT2D eigenvalue weighted by Crippen LogP contribution is -2.69. The number of esters is 1. The summed E-state index contributed by atoms with van der Waals surface area (Å²) in [5, 5.41) is 23.7. The van der Waals surface area contributed by atoms with Crippen LogP contribution in [0, 0.1) is 46.3 Å². The Labute approximate surface area is 253 Å². The van der Waals surface area contributed by atoms with Crippen LogP contribution in [-0.2, 0) is 23.9 Å². The molecular weight excluding hydrogens is 551 g/mol. The number of Topliss-reactive ketones (excluding diaryl/α,β-unsaturated/α-hetero) is 2. The maximum atomic E-state index is 17.4. The van der Waals surface area contributed by atoms with E-state index < -0.39 is 58.4 Å². The van der Waals surface area contributed by atoms with Crippen LogP contribution in [0.3, 0.4) is 0 Å². The first kappa shape index (κ1) is 30.8. The lowest BCUT2D eigenvalue weighted by atomic mass is 9.44. The lowest BCUT2D eigenvalue weighted by Gasteiger charge is -2.62. The molecule has 0 heterocycles. The Balaban J connectivity index is 1.13. The van der Waals surface area contributed by atoms with Crippen LogP contribution in [0.4, 0.5) is 4.39 Å². The molecule has 236 valence electrons. The Kier molecular flexibility index (Phi) is 7.68. The van der Waals surface area contributed by atoms with Crippen molar-refractivity contribution in [3.63, 3.8) is 0 Å². The molecule has 43 heavy (non-hydrogen) atoms. The summed E-state index contributed by atoms with van der Waals surface area (Å²) >= 11 is 0. The van der Waals surface area contributed by atoms with Crippen LogP contribution in [0.25, 0.3) is 0 Å². The fourth-order valence-corrected chi connectivity index (χ4v) is 10.7. The summed E-state index contributed by atoms with van der Waals surface area (Å²) in [6.07, 6.45) is 10.8. The van der Waals surface area contributed by atoms with Gasteiger partial charge in [-0.1, -0.05) is 38.3 Å². The van der Waals surface area contributed by atoms with E-state index in [-0.39, 0.29) is 35.9 Å². The highest BCUT2D eigenvalue weighted by Crippen LogP contribution is 2.70. The minimum atomic E-state index is -2.04. The van der Waals surface area contributed by atoms with Crippen LogP contribution in [0.1, 0.15) is 97.8 Å². The summed E-state index contributed by atoms with van der Waals surface area (Å²) in [6, 6.07) is 0. The molecule has 6 aliphatic carbocycles. The monoisotopic (exact) mass is 598 g/mol. The van der Waals surface area contributed by atoms with Crippen molar-refractivity contribution in [3.05, 3.63) is 23.8 Å². The SMILES string of the molecule is C[C@@H]1C[C@H]2[C@@H]3CCC4=CC(=O)C=C[C@]4(C)[C@@]3(F)[C@@H](O)C[C@]2(C)[C@@]1(O)C(=O)COC(=O)C1CCC(C(=O)C2CCCC2)CC1. The van der Waals surface area contributed by atoms with Crippen molar-refractivity contribution in [3.8, 4) is 0 Å². The first-order valence-electron chi connectivity index (χ1n) is 16.5. The van der Waals surface area contributed by atoms with Crippen LogP contribution in [0.2, 0.25) is 0 Å². The topological polar surface area (TPSA) is 118 Å². The van der Waals surface area contributed by atoms with Gasteiger partial charge in [0.2, 0.25) is 5.78 Å². The Morgan fingerprint density at radius 3 is 2.28 bits per heavy atom. The van der Waals surface area contributed by atoms with Crippen molar-refractivity contribution in [1.82, 2.24) is 0 Å². The van der Waals surface area contributed by atoms with Crippen LogP contribution < -0.4 is 0 Å². The third kappa shape index (κ3) is 4.39. The van der Waals surface area contributed by atoms with Crippen LogP contribution in [-0.4, -0.2) is 57.5 Å². The van der Waals surface area contributed by atoms with Gasteiger partial charge in [0.05, 0.1) is 12.0 Å². The smallest absolute Gasteiger partial charge is 0.309 e. The molecule has 8 heteroatoms. The summed E-state index contributed by atoms with van der Waals surface area (Å²) in [5.41, 5.74) is -5.50. The standard InChI is InChI=1S/C35H47FO7/c1-20-16-27-26-13-12-24-17-25(37)14-15-32(24,2)34(26,36)28(38)18-33(27,3)35(20,42)29(39)19-43-31(41)23-10-8-22(9-11-23)30(40)21-6-4-5-7-21/h14-15,17,20-23,26-28,38,42H,4-13,16,18-19H2,1-3H3/t20-,22?,23?,26+,27+,28+,32+,33+,34+,35+/m1/s1. The van der Waals surface area contributed by atoms with Crippen LogP contribution in [0.5, 0.6) is 0 Å². The van der Waals surface area contributed by atoms with Gasteiger partial charge in [0.15, 0.2) is 18.1 Å². The number of aliphatic hydroxyl groups excluding tert-OH is 1. The van der Waals surface area contributed by atoms with Gasteiger partial charge in [-0.05, 0) is 95.1 Å². The highest BCUT2D eigenvalue weighted by Gasteiger charge is 2.75. The van der Waals surface area contributed by atoms with Gasteiger partial charge >= 0.3 is 5.97 Å². The number of allylic oxidation sites excluding steroid dienone is 4. The zero-order valence-corrected chi connectivity index (χ0v) is 25.8. The number of alkyl halides is 1. The minimum Gasteiger partial charge on any atom is -0.457 e. The Bertz CT molecular complexity index is 1260. The zero-order valence-electron chi connectivity index (χ0n) is 25.8. The molecular formula is C35H47FO7. The second-order valence-corrected chi connectivity index (χ2v) is 15.1. The first-order valence-corrected chi connectivity index (χ1v) is 16.5. The fraction of sp³-hybridized carbons (Fsp3) is 0.771. The van der Waals surface area contributed by atoms with Crippen molar-refractivity contribution in [2.75, 3.05) is 6.61 Å². The van der Waals surface area contributed by atoms with E-state index in [9.17, 15) is 29.4 Å². The van der Waals surface area contributed by atoms with E-state index in [1.807, 2.05) is 0 Å². The number of hydrogen-bond donors (Lipinski definition) is 2. The molecule has 0 amide bonds.